The van der Waals surface area contributed by atoms with Crippen molar-refractivity contribution in [1.29, 1.82) is 0 Å². The fraction of sp³-hybridized carbons (Fsp3) is 0.841. The second-order valence-corrected chi connectivity index (χ2v) is 16.4. The first-order valence-electron chi connectivity index (χ1n) is 22.5. The summed E-state index contributed by atoms with van der Waals surface area (Å²) in [6.07, 6.45) is 38.8. The van der Waals surface area contributed by atoms with Gasteiger partial charge in [0, 0.05) is 32.4 Å². The number of nitrogens with two attached hydrogens (primary N) is 1. The SMILES string of the molecule is CCCCCCCC/C=C\CCCCCCCC(=O)OCC(COP(=O)(O)OCCNC(=O)CCN)OC(=O)CCCCCCC/C=C\CCCCCCCC. The number of hydrogen-bond acceptors (Lipinski definition) is 9. The predicted molar refractivity (Wildman–Crippen MR) is 228 cm³/mol. The van der Waals surface area contributed by atoms with E-state index in [0.29, 0.717) is 12.8 Å². The highest BCUT2D eigenvalue weighted by Crippen LogP contribution is 2.43. The number of carbonyl (C=O) groups excluding carboxylic acids is 3. The summed E-state index contributed by atoms with van der Waals surface area (Å²) in [6, 6.07) is 0. The maximum atomic E-state index is 12.7. The van der Waals surface area contributed by atoms with Gasteiger partial charge in [-0.25, -0.2) is 4.57 Å². The van der Waals surface area contributed by atoms with E-state index in [-0.39, 0.29) is 51.5 Å². The van der Waals surface area contributed by atoms with E-state index >= 15 is 0 Å². The van der Waals surface area contributed by atoms with Gasteiger partial charge in [-0.3, -0.25) is 23.4 Å². The van der Waals surface area contributed by atoms with Crippen LogP contribution in [0, 0.1) is 0 Å². The fourth-order valence-electron chi connectivity index (χ4n) is 6.08. The molecule has 0 aromatic rings. The van der Waals surface area contributed by atoms with E-state index < -0.39 is 32.5 Å². The van der Waals surface area contributed by atoms with E-state index in [0.717, 1.165) is 70.6 Å². The molecule has 12 heteroatoms. The molecule has 1 amide bonds. The minimum Gasteiger partial charge on any atom is -0.462 e. The van der Waals surface area contributed by atoms with Crippen molar-refractivity contribution in [3.05, 3.63) is 24.3 Å². The largest absolute Gasteiger partial charge is 0.472 e. The number of carbonyl (C=O) groups is 3. The summed E-state index contributed by atoms with van der Waals surface area (Å²) in [5.74, 6) is -1.20. The van der Waals surface area contributed by atoms with Crippen molar-refractivity contribution in [2.24, 2.45) is 5.73 Å². The molecule has 0 aromatic carbocycles. The van der Waals surface area contributed by atoms with E-state index in [1.165, 1.54) is 83.5 Å². The number of esters is 2. The van der Waals surface area contributed by atoms with Crippen LogP contribution in [0.25, 0.3) is 0 Å². The Balaban J connectivity index is 4.45. The van der Waals surface area contributed by atoms with Crippen LogP contribution in [0.4, 0.5) is 0 Å². The van der Waals surface area contributed by atoms with Crippen molar-refractivity contribution >= 4 is 25.7 Å². The molecule has 0 spiro atoms. The van der Waals surface area contributed by atoms with Crippen LogP contribution in [-0.4, -0.2) is 61.8 Å². The van der Waals surface area contributed by atoms with Crippen LogP contribution in [0.3, 0.4) is 0 Å². The third-order valence-corrected chi connectivity index (χ3v) is 10.5. The highest BCUT2D eigenvalue weighted by atomic mass is 31.2. The molecule has 0 bridgehead atoms. The number of hydrogen-bond donors (Lipinski definition) is 3. The van der Waals surface area contributed by atoms with Crippen molar-refractivity contribution in [3.8, 4) is 0 Å². The van der Waals surface area contributed by atoms with E-state index in [4.69, 9.17) is 24.3 Å². The van der Waals surface area contributed by atoms with Crippen LogP contribution in [0.2, 0.25) is 0 Å². The normalized spacial score (nSPS) is 13.3. The predicted octanol–water partition coefficient (Wildman–Crippen LogP) is 11.1. The lowest BCUT2D eigenvalue weighted by molar-refractivity contribution is -0.161. The summed E-state index contributed by atoms with van der Waals surface area (Å²) in [6.45, 7) is 3.61. The van der Waals surface area contributed by atoms with Gasteiger partial charge in [0.1, 0.15) is 6.61 Å². The molecule has 0 fully saturated rings. The van der Waals surface area contributed by atoms with Crippen molar-refractivity contribution in [1.82, 2.24) is 5.32 Å². The smallest absolute Gasteiger partial charge is 0.462 e. The van der Waals surface area contributed by atoms with E-state index in [9.17, 15) is 23.8 Å². The van der Waals surface area contributed by atoms with Crippen molar-refractivity contribution in [2.45, 2.75) is 206 Å². The maximum absolute atomic E-state index is 12.7. The molecular weight excluding hydrogens is 731 g/mol. The first-order valence-corrected chi connectivity index (χ1v) is 24.0. The van der Waals surface area contributed by atoms with Gasteiger partial charge < -0.3 is 25.4 Å². The molecule has 56 heavy (non-hydrogen) atoms. The molecule has 2 unspecified atom stereocenters. The maximum Gasteiger partial charge on any atom is 0.472 e. The summed E-state index contributed by atoms with van der Waals surface area (Å²) >= 11 is 0. The van der Waals surface area contributed by atoms with Gasteiger partial charge in [-0.15, -0.1) is 0 Å². The van der Waals surface area contributed by atoms with Gasteiger partial charge >= 0.3 is 19.8 Å². The molecule has 0 saturated heterocycles. The molecule has 328 valence electrons. The number of allylic oxidation sites excluding steroid dienone is 4. The highest BCUT2D eigenvalue weighted by Gasteiger charge is 2.26. The Morgan fingerprint density at radius 2 is 1.02 bits per heavy atom. The Labute approximate surface area is 341 Å². The van der Waals surface area contributed by atoms with Gasteiger partial charge in [0.2, 0.25) is 5.91 Å². The average molecular weight is 815 g/mol. The molecule has 4 N–H and O–H groups in total. The summed E-state index contributed by atoms with van der Waals surface area (Å²) < 4.78 is 33.3. The lowest BCUT2D eigenvalue weighted by Gasteiger charge is -2.20. The van der Waals surface area contributed by atoms with Crippen LogP contribution in [0.15, 0.2) is 24.3 Å². The van der Waals surface area contributed by atoms with Crippen LogP contribution < -0.4 is 11.1 Å². The Hall–Kier alpha value is -2.04. The number of phosphoric ester groups is 1. The van der Waals surface area contributed by atoms with E-state index in [1.807, 2.05) is 0 Å². The Morgan fingerprint density at radius 3 is 1.48 bits per heavy atom. The molecule has 0 aliphatic heterocycles. The number of nitrogens with one attached hydrogen (secondary N) is 1. The van der Waals surface area contributed by atoms with Gasteiger partial charge in [-0.2, -0.15) is 0 Å². The Kier molecular flexibility index (Phi) is 39.6. The molecule has 0 aliphatic rings. The minimum atomic E-state index is -4.53. The summed E-state index contributed by atoms with van der Waals surface area (Å²) in [5, 5.41) is 2.52. The van der Waals surface area contributed by atoms with Crippen LogP contribution in [0.5, 0.6) is 0 Å². The monoisotopic (exact) mass is 815 g/mol. The van der Waals surface area contributed by atoms with Gasteiger partial charge in [-0.1, -0.05) is 141 Å². The first-order chi connectivity index (χ1) is 27.2. The zero-order valence-electron chi connectivity index (χ0n) is 35.7. The lowest BCUT2D eigenvalue weighted by Crippen LogP contribution is -2.30. The Bertz CT molecular complexity index is 1040. The second-order valence-electron chi connectivity index (χ2n) is 14.9. The topological polar surface area (TPSA) is 163 Å². The van der Waals surface area contributed by atoms with E-state index in [1.54, 1.807) is 0 Å². The quantitative estimate of drug-likeness (QED) is 0.0234. The lowest BCUT2D eigenvalue weighted by atomic mass is 10.1. The van der Waals surface area contributed by atoms with Gasteiger partial charge in [-0.05, 0) is 64.2 Å². The first kappa shape index (κ1) is 54.0. The summed E-state index contributed by atoms with van der Waals surface area (Å²) in [5.41, 5.74) is 5.34. The third-order valence-electron chi connectivity index (χ3n) is 9.49. The van der Waals surface area contributed by atoms with E-state index in [2.05, 4.69) is 43.5 Å². The molecule has 11 nitrogen and oxygen atoms in total. The van der Waals surface area contributed by atoms with Crippen LogP contribution >= 0.6 is 7.82 Å². The van der Waals surface area contributed by atoms with Gasteiger partial charge in [0.05, 0.1) is 13.2 Å². The molecular formula is C44H83N2O9P. The third kappa shape index (κ3) is 40.2. The number of ether oxygens (including phenoxy) is 2. The second kappa shape index (κ2) is 41.1. The summed E-state index contributed by atoms with van der Waals surface area (Å²) in [4.78, 5) is 46.8. The standard InChI is InChI=1S/C44H83N2O9P/c1-3-5-7-9-11-13-15-17-19-21-23-25-27-29-31-33-43(48)52-39-41(40-54-56(50,51)53-38-37-46-42(47)35-36-45)55-44(49)34-32-30-28-26-24-22-20-18-16-14-12-10-8-6-4-2/h17-20,41H,3-16,21-40,45H2,1-2H3,(H,46,47)(H,50,51)/b19-17-,20-18-. The fourth-order valence-corrected chi connectivity index (χ4v) is 6.84. The molecule has 0 rings (SSSR count). The average Bonchev–Trinajstić information content (AvgIpc) is 3.17. The molecule has 0 aliphatic carbocycles. The zero-order valence-corrected chi connectivity index (χ0v) is 36.6. The van der Waals surface area contributed by atoms with Crippen LogP contribution in [-0.2, 0) is 37.5 Å². The van der Waals surface area contributed by atoms with Crippen molar-refractivity contribution < 1.29 is 42.4 Å². The van der Waals surface area contributed by atoms with Crippen molar-refractivity contribution in [3.63, 3.8) is 0 Å². The summed E-state index contributed by atoms with van der Waals surface area (Å²) in [7, 11) is -4.53. The number of rotatable bonds is 42. The molecule has 0 heterocycles. The van der Waals surface area contributed by atoms with Gasteiger partial charge in [0.15, 0.2) is 6.10 Å². The number of amides is 1. The van der Waals surface area contributed by atoms with Crippen molar-refractivity contribution in [2.75, 3.05) is 32.9 Å². The zero-order chi connectivity index (χ0) is 41.2. The van der Waals surface area contributed by atoms with Crippen LogP contribution in [0.1, 0.15) is 200 Å². The molecule has 2 atom stereocenters. The number of unbranched alkanes of at least 4 members (excludes halogenated alkanes) is 22. The Morgan fingerprint density at radius 1 is 0.589 bits per heavy atom. The molecule has 0 radical (unpaired) electrons. The highest BCUT2D eigenvalue weighted by molar-refractivity contribution is 7.47. The molecule has 0 aromatic heterocycles. The van der Waals surface area contributed by atoms with Gasteiger partial charge in [0.25, 0.3) is 0 Å². The number of phosphoric acid groups is 1. The molecule has 0 saturated carbocycles. The minimum absolute atomic E-state index is 0.00488.